The maximum absolute atomic E-state index is 12.6. The highest BCUT2D eigenvalue weighted by molar-refractivity contribution is 6.04. The minimum atomic E-state index is -0.416. The Morgan fingerprint density at radius 3 is 2.50 bits per heavy atom. The molecule has 126 valence electrons. The van der Waals surface area contributed by atoms with Gasteiger partial charge in [0.25, 0.3) is 5.91 Å². The summed E-state index contributed by atoms with van der Waals surface area (Å²) in [7, 11) is 0. The van der Waals surface area contributed by atoms with Gasteiger partial charge in [-0.15, -0.1) is 0 Å². The average Bonchev–Trinajstić information content (AvgIpc) is 3.19. The number of nitrogens with zero attached hydrogens (tertiary/aromatic N) is 3. The Morgan fingerprint density at radius 2 is 1.88 bits per heavy atom. The quantitative estimate of drug-likeness (QED) is 0.829. The molecule has 0 bridgehead atoms. The third-order valence-corrected chi connectivity index (χ3v) is 4.61. The molecule has 1 aromatic heterocycles. The fourth-order valence-electron chi connectivity index (χ4n) is 2.92. The Balaban J connectivity index is 1.79. The van der Waals surface area contributed by atoms with Crippen LogP contribution in [0.2, 0.25) is 0 Å². The van der Waals surface area contributed by atoms with Crippen molar-refractivity contribution in [3.63, 3.8) is 0 Å². The van der Waals surface area contributed by atoms with Crippen LogP contribution in [0.3, 0.4) is 0 Å². The van der Waals surface area contributed by atoms with Crippen LogP contribution in [0.5, 0.6) is 0 Å². The van der Waals surface area contributed by atoms with Crippen LogP contribution in [0.15, 0.2) is 42.7 Å². The van der Waals surface area contributed by atoms with Gasteiger partial charge in [-0.05, 0) is 23.1 Å². The van der Waals surface area contributed by atoms with Crippen LogP contribution in [0.4, 0.5) is 4.79 Å². The zero-order chi connectivity index (χ0) is 17.1. The van der Waals surface area contributed by atoms with E-state index in [1.807, 2.05) is 55.1 Å². The van der Waals surface area contributed by atoms with Crippen molar-refractivity contribution < 1.29 is 9.59 Å². The van der Waals surface area contributed by atoms with E-state index in [0.717, 1.165) is 17.5 Å². The van der Waals surface area contributed by atoms with Gasteiger partial charge < -0.3 is 5.32 Å². The molecule has 2 heterocycles. The van der Waals surface area contributed by atoms with Crippen LogP contribution < -0.4 is 5.32 Å². The Kier molecular flexibility index (Phi) is 4.64. The third-order valence-electron chi connectivity index (χ3n) is 4.61. The molecule has 1 fully saturated rings. The van der Waals surface area contributed by atoms with Gasteiger partial charge in [-0.1, -0.05) is 44.5 Å². The van der Waals surface area contributed by atoms with Crippen molar-refractivity contribution in [2.45, 2.75) is 39.4 Å². The second-order valence-corrected chi connectivity index (χ2v) is 6.21. The van der Waals surface area contributed by atoms with Crippen LogP contribution in [0.1, 0.15) is 31.4 Å². The van der Waals surface area contributed by atoms with Gasteiger partial charge >= 0.3 is 6.03 Å². The predicted octanol–water partition coefficient (Wildman–Crippen LogP) is 2.40. The summed E-state index contributed by atoms with van der Waals surface area (Å²) in [5.41, 5.74) is 2.01. The van der Waals surface area contributed by atoms with E-state index < -0.39 is 6.04 Å². The normalized spacial score (nSPS) is 18.8. The SMILES string of the molecule is CC[C@H](C)[C@@H]1NC(=O)N(Cc2ccccc2Cn2cccn2)C1=O. The van der Waals surface area contributed by atoms with E-state index in [9.17, 15) is 9.59 Å². The molecule has 2 aromatic rings. The van der Waals surface area contributed by atoms with Crippen molar-refractivity contribution in [1.82, 2.24) is 20.0 Å². The molecule has 3 amide bonds. The third kappa shape index (κ3) is 3.18. The first-order valence-electron chi connectivity index (χ1n) is 8.26. The number of carbonyl (C=O) groups excluding carboxylic acids is 2. The summed E-state index contributed by atoms with van der Waals surface area (Å²) < 4.78 is 1.83. The first-order chi connectivity index (χ1) is 11.6. The molecule has 1 N–H and O–H groups in total. The zero-order valence-electron chi connectivity index (χ0n) is 14.0. The highest BCUT2D eigenvalue weighted by Crippen LogP contribution is 2.20. The largest absolute Gasteiger partial charge is 0.326 e. The molecular formula is C18H22N4O2. The smallest absolute Gasteiger partial charge is 0.325 e. The summed E-state index contributed by atoms with van der Waals surface area (Å²) in [6.45, 7) is 4.90. The molecule has 1 aromatic carbocycles. The second-order valence-electron chi connectivity index (χ2n) is 6.21. The summed E-state index contributed by atoms with van der Waals surface area (Å²) in [6.07, 6.45) is 4.47. The monoisotopic (exact) mass is 326 g/mol. The Morgan fingerprint density at radius 1 is 1.17 bits per heavy atom. The molecule has 3 rings (SSSR count). The van der Waals surface area contributed by atoms with Crippen molar-refractivity contribution in [2.75, 3.05) is 0 Å². The second kappa shape index (κ2) is 6.86. The van der Waals surface area contributed by atoms with Crippen molar-refractivity contribution in [1.29, 1.82) is 0 Å². The molecule has 0 saturated carbocycles. The summed E-state index contributed by atoms with van der Waals surface area (Å²) in [6, 6.07) is 8.98. The van der Waals surface area contributed by atoms with Crippen molar-refractivity contribution in [3.05, 3.63) is 53.9 Å². The number of urea groups is 1. The van der Waals surface area contributed by atoms with Crippen LogP contribution in [-0.4, -0.2) is 32.7 Å². The van der Waals surface area contributed by atoms with E-state index in [4.69, 9.17) is 0 Å². The van der Waals surface area contributed by atoms with Gasteiger partial charge in [-0.3, -0.25) is 14.4 Å². The number of nitrogens with one attached hydrogen (secondary N) is 1. The predicted molar refractivity (Wildman–Crippen MR) is 90.1 cm³/mol. The van der Waals surface area contributed by atoms with Crippen molar-refractivity contribution >= 4 is 11.9 Å². The number of hydrogen-bond donors (Lipinski definition) is 1. The summed E-state index contributed by atoms with van der Waals surface area (Å²) in [5.74, 6) is -0.00555. The van der Waals surface area contributed by atoms with Gasteiger partial charge in [-0.2, -0.15) is 5.10 Å². The van der Waals surface area contributed by atoms with Gasteiger partial charge in [0.2, 0.25) is 0 Å². The topological polar surface area (TPSA) is 67.2 Å². The highest BCUT2D eigenvalue weighted by atomic mass is 16.2. The number of hydrogen-bond acceptors (Lipinski definition) is 3. The van der Waals surface area contributed by atoms with Crippen LogP contribution in [0.25, 0.3) is 0 Å². The first kappa shape index (κ1) is 16.2. The molecule has 1 aliphatic rings. The van der Waals surface area contributed by atoms with Gasteiger partial charge in [0.15, 0.2) is 0 Å². The Hall–Kier alpha value is -2.63. The fourth-order valence-corrected chi connectivity index (χ4v) is 2.92. The molecular weight excluding hydrogens is 304 g/mol. The summed E-state index contributed by atoms with van der Waals surface area (Å²) >= 11 is 0. The molecule has 6 nitrogen and oxygen atoms in total. The average molecular weight is 326 g/mol. The molecule has 0 aliphatic carbocycles. The number of amides is 3. The lowest BCUT2D eigenvalue weighted by Crippen LogP contribution is -2.35. The van der Waals surface area contributed by atoms with Gasteiger partial charge in [0.1, 0.15) is 6.04 Å². The van der Waals surface area contributed by atoms with Gasteiger partial charge in [0, 0.05) is 12.4 Å². The standard InChI is InChI=1S/C18H22N4O2/c1-3-13(2)16-17(23)22(18(24)20-16)12-15-8-5-4-7-14(15)11-21-10-6-9-19-21/h4-10,13,16H,3,11-12H2,1-2H3,(H,20,24)/t13-,16-/m0/s1. The molecule has 6 heteroatoms. The van der Waals surface area contributed by atoms with Gasteiger partial charge in [-0.25, -0.2) is 4.79 Å². The van der Waals surface area contributed by atoms with E-state index in [1.54, 1.807) is 6.20 Å². The summed E-state index contributed by atoms with van der Waals surface area (Å²) in [5, 5.41) is 7.03. The number of imide groups is 1. The van der Waals surface area contributed by atoms with E-state index in [1.165, 1.54) is 4.90 Å². The van der Waals surface area contributed by atoms with E-state index >= 15 is 0 Å². The van der Waals surface area contributed by atoms with Crippen molar-refractivity contribution in [3.8, 4) is 0 Å². The Bertz CT molecular complexity index is 726. The minimum absolute atomic E-state index is 0.130. The lowest BCUT2D eigenvalue weighted by Gasteiger charge is -2.17. The molecule has 0 spiro atoms. The fraction of sp³-hybridized carbons (Fsp3) is 0.389. The van der Waals surface area contributed by atoms with E-state index in [-0.39, 0.29) is 24.4 Å². The van der Waals surface area contributed by atoms with Crippen molar-refractivity contribution in [2.24, 2.45) is 5.92 Å². The maximum atomic E-state index is 12.6. The Labute approximate surface area is 141 Å². The van der Waals surface area contributed by atoms with E-state index in [0.29, 0.717) is 6.54 Å². The molecule has 1 saturated heterocycles. The van der Waals surface area contributed by atoms with E-state index in [2.05, 4.69) is 10.4 Å². The number of carbonyl (C=O) groups is 2. The number of rotatable bonds is 6. The summed E-state index contributed by atoms with van der Waals surface area (Å²) in [4.78, 5) is 26.1. The lowest BCUT2D eigenvalue weighted by atomic mass is 9.99. The van der Waals surface area contributed by atoms with Crippen LogP contribution in [0, 0.1) is 5.92 Å². The van der Waals surface area contributed by atoms with Gasteiger partial charge in [0.05, 0.1) is 13.1 Å². The number of aromatic nitrogens is 2. The molecule has 0 radical (unpaired) electrons. The zero-order valence-corrected chi connectivity index (χ0v) is 14.0. The molecule has 1 aliphatic heterocycles. The number of benzene rings is 1. The molecule has 2 atom stereocenters. The maximum Gasteiger partial charge on any atom is 0.325 e. The first-order valence-corrected chi connectivity index (χ1v) is 8.26. The van der Waals surface area contributed by atoms with Crippen LogP contribution in [-0.2, 0) is 17.9 Å². The molecule has 24 heavy (non-hydrogen) atoms. The van der Waals surface area contributed by atoms with Crippen LogP contribution >= 0.6 is 0 Å². The molecule has 0 unspecified atom stereocenters. The highest BCUT2D eigenvalue weighted by Gasteiger charge is 2.40. The lowest BCUT2D eigenvalue weighted by molar-refractivity contribution is -0.128. The minimum Gasteiger partial charge on any atom is -0.326 e.